The van der Waals surface area contributed by atoms with Crippen LogP contribution in [-0.4, -0.2) is 6.04 Å². The van der Waals surface area contributed by atoms with Crippen LogP contribution in [0.4, 0.5) is 0 Å². The van der Waals surface area contributed by atoms with Gasteiger partial charge < -0.3 is 5.73 Å². The van der Waals surface area contributed by atoms with Crippen LogP contribution in [-0.2, 0) is 0 Å². The van der Waals surface area contributed by atoms with Crippen LogP contribution in [0.5, 0.6) is 0 Å². The molecule has 0 unspecified atom stereocenters. The van der Waals surface area contributed by atoms with Crippen LogP contribution >= 0.6 is 0 Å². The van der Waals surface area contributed by atoms with Gasteiger partial charge in [-0.25, -0.2) is 0 Å². The molecule has 1 fully saturated rings. The zero-order chi connectivity index (χ0) is 9.97. The van der Waals surface area contributed by atoms with E-state index >= 15 is 0 Å². The molecule has 2 N–H and O–H groups in total. The Morgan fingerprint density at radius 1 is 1.29 bits per heavy atom. The molecule has 0 radical (unpaired) electrons. The summed E-state index contributed by atoms with van der Waals surface area (Å²) in [5.74, 6) is 0.707. The van der Waals surface area contributed by atoms with Crippen LogP contribution < -0.4 is 5.73 Å². The Morgan fingerprint density at radius 3 is 2.86 bits per heavy atom. The van der Waals surface area contributed by atoms with Gasteiger partial charge in [0, 0.05) is 6.04 Å². The first-order valence-electron chi connectivity index (χ1n) is 5.58. The second-order valence-corrected chi connectivity index (χ2v) is 4.54. The van der Waals surface area contributed by atoms with Crippen molar-refractivity contribution in [3.8, 4) is 0 Å². The van der Waals surface area contributed by atoms with Crippen LogP contribution in [0.3, 0.4) is 0 Å². The van der Waals surface area contributed by atoms with Crippen LogP contribution in [0.15, 0.2) is 24.3 Å². The van der Waals surface area contributed by atoms with Crippen molar-refractivity contribution in [1.82, 2.24) is 0 Å². The van der Waals surface area contributed by atoms with Gasteiger partial charge in [-0.3, -0.25) is 0 Å². The summed E-state index contributed by atoms with van der Waals surface area (Å²) in [5.41, 5.74) is 8.85. The van der Waals surface area contributed by atoms with Crippen LogP contribution in [0.1, 0.15) is 42.7 Å². The molecule has 0 saturated heterocycles. The first-order valence-corrected chi connectivity index (χ1v) is 5.58. The summed E-state index contributed by atoms with van der Waals surface area (Å²) in [6.07, 6.45) is 4.99. The number of rotatable bonds is 1. The normalized spacial score (nSPS) is 27.6. The zero-order valence-electron chi connectivity index (χ0n) is 8.87. The molecule has 2 rings (SSSR count). The minimum Gasteiger partial charge on any atom is -0.328 e. The van der Waals surface area contributed by atoms with Crippen molar-refractivity contribution in [2.24, 2.45) is 5.73 Å². The van der Waals surface area contributed by atoms with Crippen LogP contribution in [0.2, 0.25) is 0 Å². The quantitative estimate of drug-likeness (QED) is 0.722. The fourth-order valence-corrected chi connectivity index (χ4v) is 2.45. The third-order valence-corrected chi connectivity index (χ3v) is 3.23. The first-order chi connectivity index (χ1) is 6.75. The lowest BCUT2D eigenvalue weighted by atomic mass is 9.81. The van der Waals surface area contributed by atoms with E-state index in [2.05, 4.69) is 31.2 Å². The molecular formula is C13H19N. The van der Waals surface area contributed by atoms with Crippen LogP contribution in [0, 0.1) is 6.92 Å². The Labute approximate surface area is 86.3 Å². The van der Waals surface area contributed by atoms with Gasteiger partial charge in [0.05, 0.1) is 0 Å². The van der Waals surface area contributed by atoms with Crippen molar-refractivity contribution in [3.05, 3.63) is 35.4 Å². The van der Waals surface area contributed by atoms with Gasteiger partial charge in [0.2, 0.25) is 0 Å². The summed E-state index contributed by atoms with van der Waals surface area (Å²) in [7, 11) is 0. The van der Waals surface area contributed by atoms with Gasteiger partial charge in [-0.2, -0.15) is 0 Å². The van der Waals surface area contributed by atoms with E-state index < -0.39 is 0 Å². The molecule has 1 aliphatic rings. The SMILES string of the molecule is Cc1cccc([C@H]2CCC[C@H](N)C2)c1. The highest BCUT2D eigenvalue weighted by Crippen LogP contribution is 2.32. The molecule has 1 aromatic carbocycles. The molecule has 1 aliphatic carbocycles. The molecule has 0 bridgehead atoms. The fourth-order valence-electron chi connectivity index (χ4n) is 2.45. The smallest absolute Gasteiger partial charge is 0.00446 e. The molecule has 0 aromatic heterocycles. The summed E-state index contributed by atoms with van der Waals surface area (Å²) in [4.78, 5) is 0. The highest BCUT2D eigenvalue weighted by atomic mass is 14.6. The minimum atomic E-state index is 0.425. The molecule has 1 heteroatoms. The van der Waals surface area contributed by atoms with Gasteiger partial charge in [0.1, 0.15) is 0 Å². The standard InChI is InChI=1S/C13H19N/c1-10-4-2-5-11(8-10)12-6-3-7-13(14)9-12/h2,4-5,8,12-13H,3,6-7,9,14H2,1H3/t12-,13-/m0/s1. The monoisotopic (exact) mass is 189 g/mol. The molecule has 0 spiro atoms. The number of aryl methyl sites for hydroxylation is 1. The van der Waals surface area contributed by atoms with Crippen molar-refractivity contribution < 1.29 is 0 Å². The Balaban J connectivity index is 2.14. The van der Waals surface area contributed by atoms with E-state index in [1.807, 2.05) is 0 Å². The largest absolute Gasteiger partial charge is 0.328 e. The number of hydrogen-bond donors (Lipinski definition) is 1. The third kappa shape index (κ3) is 2.16. The summed E-state index contributed by atoms with van der Waals surface area (Å²) >= 11 is 0. The molecular weight excluding hydrogens is 170 g/mol. The van der Waals surface area contributed by atoms with Crippen molar-refractivity contribution in [2.75, 3.05) is 0 Å². The topological polar surface area (TPSA) is 26.0 Å². The van der Waals surface area contributed by atoms with Crippen molar-refractivity contribution >= 4 is 0 Å². The predicted octanol–water partition coefficient (Wildman–Crippen LogP) is 2.98. The van der Waals surface area contributed by atoms with Gasteiger partial charge in [-0.05, 0) is 37.7 Å². The number of nitrogens with two attached hydrogens (primary N) is 1. The average molecular weight is 189 g/mol. The molecule has 1 aromatic rings. The highest BCUT2D eigenvalue weighted by molar-refractivity contribution is 5.26. The highest BCUT2D eigenvalue weighted by Gasteiger charge is 2.20. The maximum Gasteiger partial charge on any atom is 0.00446 e. The van der Waals surface area contributed by atoms with E-state index in [-0.39, 0.29) is 0 Å². The van der Waals surface area contributed by atoms with Gasteiger partial charge in [-0.15, -0.1) is 0 Å². The van der Waals surface area contributed by atoms with Gasteiger partial charge in [0.15, 0.2) is 0 Å². The molecule has 1 saturated carbocycles. The maximum atomic E-state index is 6.00. The molecule has 2 atom stereocenters. The molecule has 0 amide bonds. The molecule has 0 aliphatic heterocycles. The van der Waals surface area contributed by atoms with E-state index in [9.17, 15) is 0 Å². The molecule has 76 valence electrons. The fraction of sp³-hybridized carbons (Fsp3) is 0.538. The minimum absolute atomic E-state index is 0.425. The van der Waals surface area contributed by atoms with E-state index in [1.54, 1.807) is 0 Å². The Kier molecular flexibility index (Phi) is 2.87. The van der Waals surface area contributed by atoms with Crippen molar-refractivity contribution in [2.45, 2.75) is 44.6 Å². The second kappa shape index (κ2) is 4.14. The van der Waals surface area contributed by atoms with E-state index in [1.165, 1.54) is 36.8 Å². The number of benzene rings is 1. The van der Waals surface area contributed by atoms with E-state index in [4.69, 9.17) is 5.73 Å². The second-order valence-electron chi connectivity index (χ2n) is 4.54. The van der Waals surface area contributed by atoms with Crippen LogP contribution in [0.25, 0.3) is 0 Å². The van der Waals surface area contributed by atoms with Gasteiger partial charge in [-0.1, -0.05) is 36.2 Å². The molecule has 0 heterocycles. The molecule has 14 heavy (non-hydrogen) atoms. The lowest BCUT2D eigenvalue weighted by molar-refractivity contribution is 0.393. The van der Waals surface area contributed by atoms with Crippen molar-refractivity contribution in [1.29, 1.82) is 0 Å². The summed E-state index contributed by atoms with van der Waals surface area (Å²) in [6, 6.07) is 9.30. The number of hydrogen-bond acceptors (Lipinski definition) is 1. The summed E-state index contributed by atoms with van der Waals surface area (Å²) in [6.45, 7) is 2.16. The van der Waals surface area contributed by atoms with E-state index in [0.717, 1.165) is 0 Å². The third-order valence-electron chi connectivity index (χ3n) is 3.23. The van der Waals surface area contributed by atoms with Gasteiger partial charge in [0.25, 0.3) is 0 Å². The Morgan fingerprint density at radius 2 is 2.14 bits per heavy atom. The Hall–Kier alpha value is -0.820. The summed E-state index contributed by atoms with van der Waals surface area (Å²) < 4.78 is 0. The molecule has 1 nitrogen and oxygen atoms in total. The van der Waals surface area contributed by atoms with Crippen molar-refractivity contribution in [3.63, 3.8) is 0 Å². The summed E-state index contributed by atoms with van der Waals surface area (Å²) in [5, 5.41) is 0. The Bertz CT molecular complexity index is 306. The lowest BCUT2D eigenvalue weighted by Crippen LogP contribution is -2.26. The zero-order valence-corrected chi connectivity index (χ0v) is 8.87. The predicted molar refractivity (Wildman–Crippen MR) is 60.4 cm³/mol. The van der Waals surface area contributed by atoms with Gasteiger partial charge >= 0.3 is 0 Å². The first kappa shape index (κ1) is 9.72. The van der Waals surface area contributed by atoms with E-state index in [0.29, 0.717) is 12.0 Å². The lowest BCUT2D eigenvalue weighted by Gasteiger charge is -2.27. The average Bonchev–Trinajstić information content (AvgIpc) is 2.18. The maximum absolute atomic E-state index is 6.00.